The number of nitrogens with one attached hydrogen (secondary N) is 1. The lowest BCUT2D eigenvalue weighted by molar-refractivity contribution is 0.0299. The molecule has 1 aromatic carbocycles. The van der Waals surface area contributed by atoms with Crippen molar-refractivity contribution in [2.24, 2.45) is 0 Å². The van der Waals surface area contributed by atoms with E-state index < -0.39 is 12.1 Å². The van der Waals surface area contributed by atoms with E-state index in [1.165, 1.54) is 13.1 Å². The quantitative estimate of drug-likeness (QED) is 0.680. The van der Waals surface area contributed by atoms with E-state index in [2.05, 4.69) is 16.2 Å². The largest absolute Gasteiger partial charge is 0.451 e. The second-order valence-corrected chi connectivity index (χ2v) is 4.72. The van der Waals surface area contributed by atoms with Crippen molar-refractivity contribution < 1.29 is 14.3 Å². The summed E-state index contributed by atoms with van der Waals surface area (Å²) in [5.41, 5.74) is 1.25. The van der Waals surface area contributed by atoms with Gasteiger partial charge in [-0.2, -0.15) is 0 Å². The molecule has 2 rings (SSSR count). The van der Waals surface area contributed by atoms with Gasteiger partial charge >= 0.3 is 5.97 Å². The number of hydrogen-bond donors (Lipinski definition) is 1. The molecule has 5 nitrogen and oxygen atoms in total. The van der Waals surface area contributed by atoms with Gasteiger partial charge in [-0.3, -0.25) is 9.78 Å². The van der Waals surface area contributed by atoms with E-state index in [1.807, 2.05) is 0 Å². The van der Waals surface area contributed by atoms with Gasteiger partial charge in [0.1, 0.15) is 0 Å². The van der Waals surface area contributed by atoms with Crippen molar-refractivity contribution in [2.75, 3.05) is 7.05 Å². The summed E-state index contributed by atoms with van der Waals surface area (Å²) in [4.78, 5) is 28.1. The van der Waals surface area contributed by atoms with E-state index in [1.54, 1.807) is 42.6 Å². The third kappa shape index (κ3) is 4.17. The highest BCUT2D eigenvalue weighted by atomic mass is 16.5. The Morgan fingerprint density at radius 3 is 2.70 bits per heavy atom. The smallest absolute Gasteiger partial charge is 0.338 e. The van der Waals surface area contributed by atoms with Gasteiger partial charge in [0, 0.05) is 18.8 Å². The van der Waals surface area contributed by atoms with Crippen LogP contribution >= 0.6 is 0 Å². The molecule has 0 spiro atoms. The maximum absolute atomic E-state index is 12.3. The first kappa shape index (κ1) is 16.2. The van der Waals surface area contributed by atoms with Crippen LogP contribution in [0.4, 0.5) is 0 Å². The average Bonchev–Trinajstić information content (AvgIpc) is 2.61. The lowest BCUT2D eigenvalue weighted by Gasteiger charge is -2.15. The lowest BCUT2D eigenvalue weighted by Crippen LogP contribution is -2.18. The molecule has 1 unspecified atom stereocenters. The number of esters is 1. The molecule has 1 amide bonds. The standard InChI is InChI=1S/C18H16N2O3/c1-3-7-16(15-10-4-5-11-20-15)23-18(22)14-9-6-8-13(12-14)17(21)19-2/h1,4-6,8-12,16H,7H2,2H3,(H,19,21). The molecular formula is C18H16N2O3. The number of terminal acetylenes is 1. The molecular weight excluding hydrogens is 292 g/mol. The van der Waals surface area contributed by atoms with Gasteiger partial charge in [0.05, 0.1) is 17.7 Å². The van der Waals surface area contributed by atoms with Gasteiger partial charge in [0.15, 0.2) is 6.10 Å². The van der Waals surface area contributed by atoms with Crippen molar-refractivity contribution in [1.29, 1.82) is 0 Å². The van der Waals surface area contributed by atoms with Crippen LogP contribution in [0.5, 0.6) is 0 Å². The molecule has 0 aliphatic rings. The summed E-state index contributed by atoms with van der Waals surface area (Å²) in [6.45, 7) is 0. The van der Waals surface area contributed by atoms with E-state index >= 15 is 0 Å². The number of hydrogen-bond acceptors (Lipinski definition) is 4. The van der Waals surface area contributed by atoms with Crippen LogP contribution in [0.2, 0.25) is 0 Å². The predicted octanol–water partition coefficient (Wildman–Crippen LogP) is 2.36. The number of carbonyl (C=O) groups excluding carboxylic acids is 2. The Morgan fingerprint density at radius 2 is 2.04 bits per heavy atom. The van der Waals surface area contributed by atoms with Gasteiger partial charge in [-0.15, -0.1) is 12.3 Å². The Bertz CT molecular complexity index is 735. The van der Waals surface area contributed by atoms with Crippen LogP contribution in [-0.4, -0.2) is 23.9 Å². The number of pyridine rings is 1. The fourth-order valence-electron chi connectivity index (χ4n) is 2.01. The minimum atomic E-state index is -0.627. The zero-order valence-corrected chi connectivity index (χ0v) is 12.7. The molecule has 0 saturated heterocycles. The van der Waals surface area contributed by atoms with Crippen LogP contribution in [-0.2, 0) is 4.74 Å². The lowest BCUT2D eigenvalue weighted by atomic mass is 10.1. The first-order valence-corrected chi connectivity index (χ1v) is 7.03. The molecule has 0 saturated carbocycles. The van der Waals surface area contributed by atoms with E-state index in [4.69, 9.17) is 11.2 Å². The summed E-state index contributed by atoms with van der Waals surface area (Å²) < 4.78 is 5.46. The second kappa shape index (κ2) is 7.76. The fourth-order valence-corrected chi connectivity index (χ4v) is 2.01. The third-order valence-electron chi connectivity index (χ3n) is 3.16. The number of ether oxygens (including phenoxy) is 1. The Hall–Kier alpha value is -3.13. The summed E-state index contributed by atoms with van der Waals surface area (Å²) >= 11 is 0. The Morgan fingerprint density at radius 1 is 1.26 bits per heavy atom. The number of rotatable bonds is 5. The highest BCUT2D eigenvalue weighted by Crippen LogP contribution is 2.20. The molecule has 2 aromatic rings. The van der Waals surface area contributed by atoms with Crippen molar-refractivity contribution in [2.45, 2.75) is 12.5 Å². The number of benzene rings is 1. The second-order valence-electron chi connectivity index (χ2n) is 4.72. The van der Waals surface area contributed by atoms with E-state index in [9.17, 15) is 9.59 Å². The van der Waals surface area contributed by atoms with Crippen molar-refractivity contribution >= 4 is 11.9 Å². The molecule has 116 valence electrons. The molecule has 23 heavy (non-hydrogen) atoms. The molecule has 0 radical (unpaired) electrons. The van der Waals surface area contributed by atoms with Crippen LogP contribution < -0.4 is 5.32 Å². The molecule has 0 aliphatic heterocycles. The van der Waals surface area contributed by atoms with Gasteiger partial charge in [-0.1, -0.05) is 12.1 Å². The number of amides is 1. The van der Waals surface area contributed by atoms with Gasteiger partial charge < -0.3 is 10.1 Å². The maximum atomic E-state index is 12.3. The summed E-state index contributed by atoms with van der Waals surface area (Å²) in [5, 5.41) is 2.51. The minimum absolute atomic E-state index is 0.220. The third-order valence-corrected chi connectivity index (χ3v) is 3.16. The maximum Gasteiger partial charge on any atom is 0.338 e. The summed E-state index contributed by atoms with van der Waals surface area (Å²) in [7, 11) is 1.53. The van der Waals surface area contributed by atoms with Crippen LogP contribution in [0.1, 0.15) is 38.9 Å². The minimum Gasteiger partial charge on any atom is -0.451 e. The topological polar surface area (TPSA) is 68.3 Å². The number of aromatic nitrogens is 1. The first-order chi connectivity index (χ1) is 11.2. The van der Waals surface area contributed by atoms with Crippen LogP contribution in [0, 0.1) is 12.3 Å². The Balaban J connectivity index is 2.19. The van der Waals surface area contributed by atoms with Crippen molar-refractivity contribution in [3.05, 3.63) is 65.5 Å². The molecule has 0 fully saturated rings. The highest BCUT2D eigenvalue weighted by Gasteiger charge is 2.19. The van der Waals surface area contributed by atoms with Gasteiger partial charge in [0.2, 0.25) is 0 Å². The molecule has 0 bridgehead atoms. The highest BCUT2D eigenvalue weighted by molar-refractivity contribution is 5.97. The zero-order chi connectivity index (χ0) is 16.7. The molecule has 5 heteroatoms. The van der Waals surface area contributed by atoms with Crippen LogP contribution in [0.3, 0.4) is 0 Å². The summed E-state index contributed by atoms with van der Waals surface area (Å²) in [6, 6.07) is 11.6. The van der Waals surface area contributed by atoms with E-state index in [0.717, 1.165) is 0 Å². The Kier molecular flexibility index (Phi) is 5.48. The summed E-state index contributed by atoms with van der Waals surface area (Å²) in [6.07, 6.45) is 6.54. The number of carbonyl (C=O) groups is 2. The van der Waals surface area contributed by atoms with Crippen molar-refractivity contribution in [1.82, 2.24) is 10.3 Å². The zero-order valence-electron chi connectivity index (χ0n) is 12.7. The molecule has 1 aromatic heterocycles. The van der Waals surface area contributed by atoms with Crippen molar-refractivity contribution in [3.63, 3.8) is 0 Å². The molecule has 1 atom stereocenters. The summed E-state index contributed by atoms with van der Waals surface area (Å²) in [5.74, 6) is 1.65. The van der Waals surface area contributed by atoms with Crippen LogP contribution in [0.25, 0.3) is 0 Å². The predicted molar refractivity (Wildman–Crippen MR) is 85.7 cm³/mol. The average molecular weight is 308 g/mol. The molecule has 1 heterocycles. The number of nitrogens with zero attached hydrogens (tertiary/aromatic N) is 1. The van der Waals surface area contributed by atoms with E-state index in [-0.39, 0.29) is 17.9 Å². The fraction of sp³-hybridized carbons (Fsp3) is 0.167. The van der Waals surface area contributed by atoms with Gasteiger partial charge in [-0.05, 0) is 30.3 Å². The first-order valence-electron chi connectivity index (χ1n) is 7.03. The van der Waals surface area contributed by atoms with Gasteiger partial charge in [-0.25, -0.2) is 4.79 Å². The molecule has 0 aliphatic carbocycles. The van der Waals surface area contributed by atoms with Gasteiger partial charge in [0.25, 0.3) is 5.91 Å². The molecule has 1 N–H and O–H groups in total. The van der Waals surface area contributed by atoms with Crippen molar-refractivity contribution in [3.8, 4) is 12.3 Å². The normalized spacial score (nSPS) is 11.1. The Labute approximate surface area is 134 Å². The SMILES string of the molecule is C#CCC(OC(=O)c1cccc(C(=O)NC)c1)c1ccccn1. The van der Waals surface area contributed by atoms with Crippen LogP contribution in [0.15, 0.2) is 48.7 Å². The monoisotopic (exact) mass is 308 g/mol. The van der Waals surface area contributed by atoms with E-state index in [0.29, 0.717) is 11.3 Å².